The smallest absolute Gasteiger partial charge is 0.145 e. The van der Waals surface area contributed by atoms with E-state index < -0.39 is 54.4 Å². The second-order valence-electron chi connectivity index (χ2n) is 36.2. The van der Waals surface area contributed by atoms with Crippen LogP contribution in [-0.4, -0.2) is 109 Å². The average Bonchev–Trinajstić information content (AvgIpc) is 1.21. The van der Waals surface area contributed by atoms with Crippen molar-refractivity contribution in [2.45, 2.75) is 255 Å². The van der Waals surface area contributed by atoms with Crippen LogP contribution in [-0.2, 0) is 0 Å². The van der Waals surface area contributed by atoms with Gasteiger partial charge in [0.15, 0.2) is 0 Å². The largest absolute Gasteiger partial charge is 0.495 e. The van der Waals surface area contributed by atoms with E-state index in [-0.39, 0.29) is 16.0 Å². The minimum atomic E-state index is -0.752. The van der Waals surface area contributed by atoms with Crippen LogP contribution in [0.2, 0.25) is 35.2 Å². The molecule has 14 heterocycles. The van der Waals surface area contributed by atoms with Crippen molar-refractivity contribution in [2.24, 2.45) is 41.4 Å². The Bertz CT molecular complexity index is 6110. The van der Waals surface area contributed by atoms with Crippen LogP contribution in [0.15, 0.2) is 148 Å². The van der Waals surface area contributed by atoms with Crippen molar-refractivity contribution in [1.29, 1.82) is 0 Å². The lowest BCUT2D eigenvalue weighted by Gasteiger charge is -2.28. The third-order valence-corrected chi connectivity index (χ3v) is 33.6. The predicted molar refractivity (Wildman–Crippen MR) is 530 cm³/mol. The van der Waals surface area contributed by atoms with E-state index in [2.05, 4.69) is 98.6 Å². The molecule has 7 saturated carbocycles. The molecule has 22 nitrogen and oxygen atoms in total. The number of ether oxygens (including phenoxy) is 1. The lowest BCUT2D eigenvalue weighted by Crippen LogP contribution is -2.19. The standard InChI is InChI=1S/C15H18BrClN2O.C15H18ClFN2O.C15H19ClN2O2.C14H16BrClN2O.C14H16ClFN2O.C13H14BrClN2O.C11H10BrClN2O/c16-11-7-12(19-9-18-8-13(19)15(11)17)14(20)6-10-4-2-1-3-5-10;16-14-12(17)7-11-8-18-9-19(11)15(14)13(20)6-10-4-2-1-3-5-10;1-20-13-7-11(15(19)10-5-3-2-4-6-10)18-9-17-8-12(18)14(13)16;15-11-6-10-7-17-8-18(10)13(12(11)16)14(19)9-4-2-1-3-5-9;15-12-11(16)6-10-7-17-8-18(10)13(12)14(19)9-4-2-1-3-5-9;14-10-5-9-6-16-7-17(9)12(11(10)15)13(18)8-3-1-2-4-8;12-8-3-7-4-14-5-15(7)10(9(8)13)11(16)6-1-2-6/h7-10,14,20H,1-6H2;7-10,13,20H,1-6H2;7-10,15,19H,2-6H2,1H3;2*6-9,14,19H,1-5H2;5-8,13,18H,1-4H2;3-6,11,16H,1-2H2. The number of aliphatic hydroxyl groups is 7. The summed E-state index contributed by atoms with van der Waals surface area (Å²) in [6.07, 6.45) is 57.0. The van der Waals surface area contributed by atoms with Gasteiger partial charge in [0.1, 0.15) is 22.4 Å². The van der Waals surface area contributed by atoms with Gasteiger partial charge in [-0.3, -0.25) is 30.8 Å². The number of methoxy groups -OCH3 is 1. The van der Waals surface area contributed by atoms with E-state index in [0.29, 0.717) is 95.2 Å². The molecule has 35 heteroatoms. The fraction of sp³-hybridized carbons (Fsp3) is 0.495. The molecule has 7 unspecified atom stereocenters. The monoisotopic (exact) mass is 2200 g/mol. The summed E-state index contributed by atoms with van der Waals surface area (Å²) >= 11 is 57.4. The van der Waals surface area contributed by atoms with E-state index in [1.807, 2.05) is 52.3 Å². The van der Waals surface area contributed by atoms with Gasteiger partial charge < -0.3 is 40.5 Å². The van der Waals surface area contributed by atoms with Crippen molar-refractivity contribution < 1.29 is 49.3 Å². The Morgan fingerprint density at radius 3 is 0.939 bits per heavy atom. The van der Waals surface area contributed by atoms with E-state index in [1.54, 1.807) is 104 Å². The molecular weight excluding hydrogens is 2090 g/mol. The molecule has 7 N–H and O–H groups in total. The first kappa shape index (κ1) is 101. The van der Waals surface area contributed by atoms with Crippen LogP contribution in [0, 0.1) is 53.1 Å². The van der Waals surface area contributed by atoms with Crippen molar-refractivity contribution in [3.63, 3.8) is 0 Å². The average molecular weight is 2210 g/mol. The second-order valence-corrected chi connectivity index (χ2v) is 42.3. The molecule has 0 spiro atoms. The molecule has 0 amide bonds. The summed E-state index contributed by atoms with van der Waals surface area (Å²) in [4.78, 5) is 28.6. The molecule has 21 rings (SSSR count). The summed E-state index contributed by atoms with van der Waals surface area (Å²) in [5, 5.41) is 76.8. The third-order valence-electron chi connectivity index (χ3n) is 27.5. The van der Waals surface area contributed by atoms with Crippen molar-refractivity contribution in [2.75, 3.05) is 7.11 Å². The summed E-state index contributed by atoms with van der Waals surface area (Å²) in [6, 6.07) is 12.2. The number of halogens is 13. The predicted octanol–water partition coefficient (Wildman–Crippen LogP) is 27.8. The molecule has 708 valence electrons. The van der Waals surface area contributed by atoms with Crippen LogP contribution in [0.3, 0.4) is 0 Å². The number of imidazole rings is 7. The molecule has 0 bridgehead atoms. The van der Waals surface area contributed by atoms with Gasteiger partial charge in [-0.2, -0.15) is 0 Å². The fourth-order valence-corrected chi connectivity index (χ4v) is 23.7. The molecule has 132 heavy (non-hydrogen) atoms. The first-order chi connectivity index (χ1) is 63.8. The van der Waals surface area contributed by atoms with Crippen LogP contribution in [0.25, 0.3) is 38.6 Å². The van der Waals surface area contributed by atoms with Gasteiger partial charge in [0.05, 0.1) is 246 Å². The van der Waals surface area contributed by atoms with Gasteiger partial charge in [0, 0.05) is 36.1 Å². The molecule has 0 saturated heterocycles. The van der Waals surface area contributed by atoms with E-state index in [0.717, 1.165) is 170 Å². The van der Waals surface area contributed by atoms with Crippen molar-refractivity contribution >= 4 is 184 Å². The molecule has 0 aromatic carbocycles. The van der Waals surface area contributed by atoms with Crippen molar-refractivity contribution in [3.05, 3.63) is 235 Å². The second kappa shape index (κ2) is 46.7. The SMILES string of the molecule is COc1cc(C(O)C2CCCCC2)n2cncc2c1Cl.OC(CC1CCCCC1)c1c(Cl)c(F)cc2cncn12.OC(CC1CCCCC1)c1cc(Br)c(Cl)c2cncn12.OC(c1c(Cl)c(Br)cc2cncn12)C1CC1.OC(c1c(Cl)c(Br)cc2cncn12)C1CCCC1.OC(c1c(Cl)c(Br)cc2cncn12)C1CCCCC1.OC(c1c(Cl)c(F)cc2cncn12)C1CCCCC1. The van der Waals surface area contributed by atoms with E-state index >= 15 is 0 Å². The number of hydrogen-bond acceptors (Lipinski definition) is 15. The molecule has 7 atom stereocenters. The summed E-state index contributed by atoms with van der Waals surface area (Å²) < 4.78 is 49.0. The first-order valence-electron chi connectivity index (χ1n) is 46.0. The Kier molecular flexibility index (Phi) is 35.6. The van der Waals surface area contributed by atoms with Gasteiger partial charge >= 0.3 is 0 Å². The molecule has 0 radical (unpaired) electrons. The number of aromatic nitrogens is 14. The minimum absolute atomic E-state index is 0.00110. The summed E-state index contributed by atoms with van der Waals surface area (Å²) in [7, 11) is 1.59. The van der Waals surface area contributed by atoms with E-state index in [9.17, 15) is 44.5 Å². The summed E-state index contributed by atoms with van der Waals surface area (Å²) in [6.45, 7) is 0. The topological polar surface area (TPSA) is 272 Å². The van der Waals surface area contributed by atoms with Crippen LogP contribution in [0.1, 0.15) is 294 Å². The normalized spacial score (nSPS) is 18.6. The van der Waals surface area contributed by atoms with Crippen LogP contribution < -0.4 is 4.74 Å². The summed E-state index contributed by atoms with van der Waals surface area (Å²) in [5.41, 5.74) is 10.4. The highest BCUT2D eigenvalue weighted by Crippen LogP contribution is 2.48. The fourth-order valence-electron chi connectivity index (χ4n) is 20.2. The molecule has 14 aromatic heterocycles. The van der Waals surface area contributed by atoms with E-state index in [1.165, 1.54) is 121 Å². The number of fused-ring (bicyclic) bond motifs is 7. The van der Waals surface area contributed by atoms with Crippen LogP contribution in [0.4, 0.5) is 8.78 Å². The van der Waals surface area contributed by atoms with Gasteiger partial charge in [-0.05, 0) is 206 Å². The first-order valence-corrected chi connectivity index (χ1v) is 51.8. The lowest BCUT2D eigenvalue weighted by molar-refractivity contribution is 0.0798. The Morgan fingerprint density at radius 2 is 0.576 bits per heavy atom. The van der Waals surface area contributed by atoms with Crippen molar-refractivity contribution in [1.82, 2.24) is 65.7 Å². The maximum Gasteiger partial charge on any atom is 0.145 e. The zero-order valence-corrected chi connectivity index (χ0v) is 84.9. The quantitative estimate of drug-likeness (QED) is 0.0447. The highest BCUT2D eigenvalue weighted by molar-refractivity contribution is 9.11. The molecular formula is C97H111Br4Cl7F2N14O8. The minimum Gasteiger partial charge on any atom is -0.495 e. The van der Waals surface area contributed by atoms with Gasteiger partial charge in [-0.25, -0.2) is 43.7 Å². The van der Waals surface area contributed by atoms with Gasteiger partial charge in [-0.1, -0.05) is 216 Å². The Hall–Kier alpha value is -5.84. The molecule has 0 aliphatic heterocycles. The Balaban J connectivity index is 0.000000118. The van der Waals surface area contributed by atoms with E-state index in [4.69, 9.17) is 85.9 Å². The Morgan fingerprint density at radius 1 is 0.303 bits per heavy atom. The zero-order chi connectivity index (χ0) is 93.1. The number of pyridine rings is 7. The number of hydrogen-bond donors (Lipinski definition) is 7. The molecule has 7 fully saturated rings. The highest BCUT2D eigenvalue weighted by atomic mass is 79.9. The highest BCUT2D eigenvalue weighted by Gasteiger charge is 2.37. The third kappa shape index (κ3) is 23.3. The number of rotatable bonds is 17. The molecule has 14 aromatic rings. The van der Waals surface area contributed by atoms with Gasteiger partial charge in [0.2, 0.25) is 0 Å². The maximum absolute atomic E-state index is 13.8. The Labute approximate surface area is 834 Å². The molecule has 7 aliphatic rings. The maximum atomic E-state index is 13.8. The molecule has 7 aliphatic carbocycles. The van der Waals surface area contributed by atoms with Gasteiger partial charge in [0.25, 0.3) is 0 Å². The van der Waals surface area contributed by atoms with Gasteiger partial charge in [-0.15, -0.1) is 0 Å². The zero-order valence-electron chi connectivity index (χ0n) is 73.3. The van der Waals surface area contributed by atoms with Crippen LogP contribution in [0.5, 0.6) is 5.75 Å². The number of aliphatic hydroxyl groups excluding tert-OH is 7. The number of nitrogens with zero attached hydrogens (tertiary/aromatic N) is 14. The van der Waals surface area contributed by atoms with Crippen LogP contribution >= 0.6 is 145 Å². The lowest BCUT2D eigenvalue weighted by atomic mass is 9.84. The van der Waals surface area contributed by atoms with Crippen molar-refractivity contribution in [3.8, 4) is 5.75 Å². The summed E-state index contributed by atoms with van der Waals surface area (Å²) in [5.74, 6) is 2.12.